The molecule has 152 valence electrons. The molecule has 0 saturated carbocycles. The molecule has 1 heterocycles. The lowest BCUT2D eigenvalue weighted by Gasteiger charge is -2.13. The largest absolute Gasteiger partial charge is 0.490 e. The van der Waals surface area contributed by atoms with E-state index in [-0.39, 0.29) is 24.0 Å². The summed E-state index contributed by atoms with van der Waals surface area (Å²) in [5, 5.41) is 6.38. The molecular weight excluding hydrogens is 467 g/mol. The van der Waals surface area contributed by atoms with E-state index in [4.69, 9.17) is 9.47 Å². The fraction of sp³-hybridized carbons (Fsp3) is 0.333. The van der Waals surface area contributed by atoms with Crippen molar-refractivity contribution in [2.45, 2.75) is 26.8 Å². The van der Waals surface area contributed by atoms with Crippen LogP contribution in [0.15, 0.2) is 60.2 Å². The van der Waals surface area contributed by atoms with Crippen molar-refractivity contribution in [3.05, 3.63) is 60.8 Å². The van der Waals surface area contributed by atoms with E-state index >= 15 is 0 Å². The molecule has 2 aromatic rings. The quantitative estimate of drug-likeness (QED) is 0.219. The van der Waals surface area contributed by atoms with Gasteiger partial charge in [0.15, 0.2) is 17.5 Å². The summed E-state index contributed by atoms with van der Waals surface area (Å²) in [5.74, 6) is 2.60. The number of benzene rings is 1. The van der Waals surface area contributed by atoms with Crippen LogP contribution in [0, 0.1) is 0 Å². The molecule has 0 saturated heterocycles. The van der Waals surface area contributed by atoms with Gasteiger partial charge in [0.2, 0.25) is 5.88 Å². The summed E-state index contributed by atoms with van der Waals surface area (Å²) in [6.07, 6.45) is 4.43. The van der Waals surface area contributed by atoms with Gasteiger partial charge in [-0.25, -0.2) is 9.98 Å². The van der Waals surface area contributed by atoms with Crippen molar-refractivity contribution in [2.75, 3.05) is 19.7 Å². The number of rotatable bonds is 10. The van der Waals surface area contributed by atoms with Gasteiger partial charge in [-0.15, -0.1) is 30.6 Å². The van der Waals surface area contributed by atoms with Crippen molar-refractivity contribution in [1.82, 2.24) is 15.6 Å². The molecule has 7 heteroatoms. The van der Waals surface area contributed by atoms with Crippen LogP contribution < -0.4 is 20.1 Å². The monoisotopic (exact) mass is 496 g/mol. The van der Waals surface area contributed by atoms with E-state index < -0.39 is 0 Å². The summed E-state index contributed by atoms with van der Waals surface area (Å²) in [5.41, 5.74) is 0.888. The van der Waals surface area contributed by atoms with Crippen LogP contribution in [0.4, 0.5) is 0 Å². The number of hydrogen-bond acceptors (Lipinski definition) is 4. The molecule has 6 nitrogen and oxygen atoms in total. The zero-order chi connectivity index (χ0) is 19.3. The summed E-state index contributed by atoms with van der Waals surface area (Å²) in [6, 6.07) is 11.4. The van der Waals surface area contributed by atoms with E-state index in [0.29, 0.717) is 37.1 Å². The van der Waals surface area contributed by atoms with Crippen LogP contribution in [0.1, 0.15) is 25.8 Å². The second-order valence-corrected chi connectivity index (χ2v) is 5.73. The molecule has 0 bridgehead atoms. The Bertz CT molecular complexity index is 753. The number of aliphatic imine (C=N–C) groups is 1. The van der Waals surface area contributed by atoms with Crippen LogP contribution in [-0.4, -0.2) is 30.6 Å². The molecule has 0 aliphatic carbocycles. The van der Waals surface area contributed by atoms with E-state index in [1.165, 1.54) is 0 Å². The van der Waals surface area contributed by atoms with Gasteiger partial charge in [0.1, 0.15) is 0 Å². The molecule has 2 N–H and O–H groups in total. The van der Waals surface area contributed by atoms with Crippen molar-refractivity contribution in [2.24, 2.45) is 4.99 Å². The van der Waals surface area contributed by atoms with Crippen LogP contribution >= 0.6 is 24.0 Å². The predicted molar refractivity (Wildman–Crippen MR) is 125 cm³/mol. The van der Waals surface area contributed by atoms with Crippen LogP contribution in [-0.2, 0) is 6.54 Å². The van der Waals surface area contributed by atoms with Crippen molar-refractivity contribution in [3.63, 3.8) is 0 Å². The Morgan fingerprint density at radius 2 is 1.93 bits per heavy atom. The van der Waals surface area contributed by atoms with Gasteiger partial charge >= 0.3 is 0 Å². The topological polar surface area (TPSA) is 67.8 Å². The van der Waals surface area contributed by atoms with Gasteiger partial charge < -0.3 is 20.1 Å². The van der Waals surface area contributed by atoms with Gasteiger partial charge in [-0.3, -0.25) is 0 Å². The molecule has 1 aromatic heterocycles. The minimum Gasteiger partial charge on any atom is -0.490 e. The van der Waals surface area contributed by atoms with E-state index in [1.54, 1.807) is 12.3 Å². The van der Waals surface area contributed by atoms with Crippen molar-refractivity contribution in [3.8, 4) is 17.4 Å². The Balaban J connectivity index is 0.00000392. The fourth-order valence-electron chi connectivity index (χ4n) is 2.28. The minimum atomic E-state index is 0. The van der Waals surface area contributed by atoms with Gasteiger partial charge in [-0.2, -0.15) is 0 Å². The maximum Gasteiger partial charge on any atom is 0.224 e. The third-order valence-corrected chi connectivity index (χ3v) is 3.53. The normalized spacial score (nSPS) is 10.6. The summed E-state index contributed by atoms with van der Waals surface area (Å²) < 4.78 is 11.8. The van der Waals surface area contributed by atoms with E-state index in [2.05, 4.69) is 34.1 Å². The molecule has 2 rings (SSSR count). The Morgan fingerprint density at radius 3 is 2.64 bits per heavy atom. The second kappa shape index (κ2) is 13.8. The molecule has 0 aliphatic rings. The molecule has 0 unspecified atom stereocenters. The van der Waals surface area contributed by atoms with Crippen LogP contribution in [0.2, 0.25) is 0 Å². The zero-order valence-electron chi connectivity index (χ0n) is 16.5. The Hall–Kier alpha value is -2.29. The lowest BCUT2D eigenvalue weighted by Crippen LogP contribution is -2.37. The number of halogens is 1. The Labute approximate surface area is 184 Å². The van der Waals surface area contributed by atoms with E-state index in [0.717, 1.165) is 24.5 Å². The molecule has 0 amide bonds. The molecule has 0 fully saturated rings. The SMILES string of the molecule is C=CCNC(=NCc1cccnc1Oc1ccccc1OCCC)NCC.I. The molecule has 28 heavy (non-hydrogen) atoms. The molecule has 0 radical (unpaired) electrons. The van der Waals surface area contributed by atoms with Gasteiger partial charge in [-0.05, 0) is 31.5 Å². The number of pyridine rings is 1. The maximum absolute atomic E-state index is 6.05. The molecule has 0 spiro atoms. The summed E-state index contributed by atoms with van der Waals surface area (Å²) >= 11 is 0. The third-order valence-electron chi connectivity index (χ3n) is 3.53. The van der Waals surface area contributed by atoms with Crippen molar-refractivity contribution >= 4 is 29.9 Å². The Kier molecular flexibility index (Phi) is 11.7. The van der Waals surface area contributed by atoms with Crippen LogP contribution in [0.25, 0.3) is 0 Å². The number of nitrogens with zero attached hydrogens (tertiary/aromatic N) is 2. The number of nitrogens with one attached hydrogen (secondary N) is 2. The number of ether oxygens (including phenoxy) is 2. The molecular formula is C21H29IN4O2. The first-order valence-corrected chi connectivity index (χ1v) is 9.25. The lowest BCUT2D eigenvalue weighted by atomic mass is 10.2. The van der Waals surface area contributed by atoms with Gasteiger partial charge in [-0.1, -0.05) is 31.2 Å². The summed E-state index contributed by atoms with van der Waals surface area (Å²) in [7, 11) is 0. The standard InChI is InChI=1S/C21H28N4O2.HI/c1-4-13-24-21(22-6-3)25-16-17-10-9-14-23-20(17)27-19-12-8-7-11-18(19)26-15-5-2;/h4,7-12,14H,1,5-6,13,15-16H2,2-3H3,(H2,22,24,25);1H. The average molecular weight is 496 g/mol. The average Bonchev–Trinajstić information content (AvgIpc) is 2.70. The number of guanidine groups is 1. The van der Waals surface area contributed by atoms with Crippen molar-refractivity contribution < 1.29 is 9.47 Å². The molecule has 1 aromatic carbocycles. The number of hydrogen-bond donors (Lipinski definition) is 2. The Morgan fingerprint density at radius 1 is 1.14 bits per heavy atom. The van der Waals surface area contributed by atoms with Crippen LogP contribution in [0.3, 0.4) is 0 Å². The summed E-state index contributed by atoms with van der Waals surface area (Å²) in [6.45, 7) is 10.3. The smallest absolute Gasteiger partial charge is 0.224 e. The van der Waals surface area contributed by atoms with E-state index in [1.807, 2.05) is 43.3 Å². The zero-order valence-corrected chi connectivity index (χ0v) is 18.8. The highest BCUT2D eigenvalue weighted by atomic mass is 127. The highest BCUT2D eigenvalue weighted by Crippen LogP contribution is 2.32. The highest BCUT2D eigenvalue weighted by Gasteiger charge is 2.10. The molecule has 0 atom stereocenters. The third kappa shape index (κ3) is 7.75. The fourth-order valence-corrected chi connectivity index (χ4v) is 2.28. The van der Waals surface area contributed by atoms with Crippen LogP contribution in [0.5, 0.6) is 17.4 Å². The number of para-hydroxylation sites is 2. The first-order chi connectivity index (χ1) is 13.3. The van der Waals surface area contributed by atoms with Gasteiger partial charge in [0, 0.05) is 24.8 Å². The first kappa shape index (κ1) is 23.7. The molecule has 0 aliphatic heterocycles. The first-order valence-electron chi connectivity index (χ1n) is 9.25. The summed E-state index contributed by atoms with van der Waals surface area (Å²) in [4.78, 5) is 8.97. The van der Waals surface area contributed by atoms with Crippen molar-refractivity contribution in [1.29, 1.82) is 0 Å². The minimum absolute atomic E-state index is 0. The van der Waals surface area contributed by atoms with Gasteiger partial charge in [0.25, 0.3) is 0 Å². The van der Waals surface area contributed by atoms with Gasteiger partial charge in [0.05, 0.1) is 13.2 Å². The second-order valence-electron chi connectivity index (χ2n) is 5.73. The highest BCUT2D eigenvalue weighted by molar-refractivity contribution is 14.0. The predicted octanol–water partition coefficient (Wildman–Crippen LogP) is 4.52. The van der Waals surface area contributed by atoms with E-state index in [9.17, 15) is 0 Å². The lowest BCUT2D eigenvalue weighted by molar-refractivity contribution is 0.300. The maximum atomic E-state index is 6.05. The number of aromatic nitrogens is 1.